The van der Waals surface area contributed by atoms with Gasteiger partial charge in [-0.25, -0.2) is 4.98 Å². The monoisotopic (exact) mass is 329 g/mol. The van der Waals surface area contributed by atoms with Crippen molar-refractivity contribution in [3.63, 3.8) is 0 Å². The van der Waals surface area contributed by atoms with Gasteiger partial charge in [-0.15, -0.1) is 11.3 Å². The van der Waals surface area contributed by atoms with Crippen LogP contribution in [0.4, 0.5) is 0 Å². The molecular formula is C16H15N3OS2. The van der Waals surface area contributed by atoms with Crippen molar-refractivity contribution < 1.29 is 4.79 Å². The molecular weight excluding hydrogens is 314 g/mol. The van der Waals surface area contributed by atoms with Crippen LogP contribution in [-0.2, 0) is 6.42 Å². The van der Waals surface area contributed by atoms with Gasteiger partial charge in [-0.3, -0.25) is 4.79 Å². The minimum absolute atomic E-state index is 0.133. The summed E-state index contributed by atoms with van der Waals surface area (Å²) >= 11 is 6.81. The number of nitrogens with one attached hydrogen (secondary N) is 2. The fourth-order valence-electron chi connectivity index (χ4n) is 2.16. The Balaban J connectivity index is 1.52. The number of benzene rings is 1. The number of para-hydroxylation sites is 1. The zero-order chi connectivity index (χ0) is 15.4. The first-order valence-corrected chi connectivity index (χ1v) is 8.27. The Kier molecular flexibility index (Phi) is 4.60. The predicted octanol–water partition coefficient (Wildman–Crippen LogP) is 3.72. The molecule has 6 heteroatoms. The number of pyridine rings is 1. The lowest BCUT2D eigenvalue weighted by molar-refractivity contribution is 0.0952. The highest BCUT2D eigenvalue weighted by molar-refractivity contribution is 7.71. The molecule has 0 aliphatic rings. The van der Waals surface area contributed by atoms with Crippen LogP contribution in [0.1, 0.15) is 21.8 Å². The molecule has 0 aliphatic carbocycles. The molecule has 0 saturated carbocycles. The number of aryl methyl sites for hydroxylation is 1. The number of H-pyrrole nitrogens is 1. The molecule has 0 saturated heterocycles. The number of thiazole rings is 1. The molecule has 1 aromatic carbocycles. The molecule has 0 fully saturated rings. The second kappa shape index (κ2) is 6.81. The minimum Gasteiger partial charge on any atom is -0.352 e. The average molecular weight is 329 g/mol. The van der Waals surface area contributed by atoms with Gasteiger partial charge in [-0.05, 0) is 30.7 Å². The Morgan fingerprint density at radius 3 is 2.95 bits per heavy atom. The summed E-state index contributed by atoms with van der Waals surface area (Å²) < 4.78 is 1.67. The van der Waals surface area contributed by atoms with Crippen molar-refractivity contribution in [2.75, 3.05) is 6.54 Å². The molecule has 2 N–H and O–H groups in total. The molecule has 2 aromatic heterocycles. The standard InChI is InChI=1S/C16H15N3OS2/c20-15(11-5-3-10-18-16(11)21)17-9-4-8-14-19-12-6-1-2-7-13(12)22-14/h1-3,5-7,10H,4,8-9H2,(H,17,20)(H,18,21). The summed E-state index contributed by atoms with van der Waals surface area (Å²) in [4.78, 5) is 19.5. The van der Waals surface area contributed by atoms with Gasteiger partial charge in [0.15, 0.2) is 0 Å². The lowest BCUT2D eigenvalue weighted by Gasteiger charge is -2.04. The van der Waals surface area contributed by atoms with Crippen LogP contribution in [0.3, 0.4) is 0 Å². The van der Waals surface area contributed by atoms with Gasteiger partial charge in [0.25, 0.3) is 5.91 Å². The normalized spacial score (nSPS) is 10.7. The molecule has 4 nitrogen and oxygen atoms in total. The maximum absolute atomic E-state index is 12.0. The van der Waals surface area contributed by atoms with Crippen LogP contribution in [0.2, 0.25) is 0 Å². The predicted molar refractivity (Wildman–Crippen MR) is 91.9 cm³/mol. The highest BCUT2D eigenvalue weighted by Gasteiger charge is 2.07. The van der Waals surface area contributed by atoms with E-state index in [4.69, 9.17) is 12.2 Å². The van der Waals surface area contributed by atoms with Gasteiger partial charge in [0.2, 0.25) is 0 Å². The molecule has 0 aliphatic heterocycles. The molecule has 3 rings (SSSR count). The largest absolute Gasteiger partial charge is 0.352 e. The third kappa shape index (κ3) is 3.40. The number of amides is 1. The number of carbonyl (C=O) groups is 1. The Morgan fingerprint density at radius 2 is 2.14 bits per heavy atom. The summed E-state index contributed by atoms with van der Waals surface area (Å²) in [5.41, 5.74) is 1.56. The second-order valence-electron chi connectivity index (χ2n) is 4.85. The van der Waals surface area contributed by atoms with Gasteiger partial charge in [0.1, 0.15) is 4.64 Å². The van der Waals surface area contributed by atoms with Crippen molar-refractivity contribution in [3.8, 4) is 0 Å². The first kappa shape index (κ1) is 14.9. The number of rotatable bonds is 5. The van der Waals surface area contributed by atoms with Gasteiger partial charge in [0, 0.05) is 19.2 Å². The number of carbonyl (C=O) groups excluding carboxylic acids is 1. The maximum atomic E-state index is 12.0. The number of aromatic amines is 1. The maximum Gasteiger partial charge on any atom is 0.254 e. The van der Waals surface area contributed by atoms with E-state index < -0.39 is 0 Å². The summed E-state index contributed by atoms with van der Waals surface area (Å²) in [6, 6.07) is 11.6. The highest BCUT2D eigenvalue weighted by Crippen LogP contribution is 2.22. The number of fused-ring (bicyclic) bond motifs is 1. The van der Waals surface area contributed by atoms with Crippen molar-refractivity contribution in [3.05, 3.63) is 57.8 Å². The van der Waals surface area contributed by atoms with E-state index in [0.717, 1.165) is 23.4 Å². The fourth-order valence-corrected chi connectivity index (χ4v) is 3.40. The number of nitrogens with zero attached hydrogens (tertiary/aromatic N) is 1. The Hall–Kier alpha value is -2.05. The summed E-state index contributed by atoms with van der Waals surface area (Å²) in [5, 5.41) is 4.00. The molecule has 22 heavy (non-hydrogen) atoms. The van der Waals surface area contributed by atoms with E-state index in [-0.39, 0.29) is 5.91 Å². The van der Waals surface area contributed by atoms with E-state index in [2.05, 4.69) is 21.4 Å². The third-order valence-corrected chi connectivity index (χ3v) is 4.69. The van der Waals surface area contributed by atoms with E-state index in [1.165, 1.54) is 4.70 Å². The number of aromatic nitrogens is 2. The first-order valence-electron chi connectivity index (χ1n) is 7.04. The first-order chi connectivity index (χ1) is 10.7. The van der Waals surface area contributed by atoms with E-state index >= 15 is 0 Å². The molecule has 0 bridgehead atoms. The molecule has 0 unspecified atom stereocenters. The van der Waals surface area contributed by atoms with Gasteiger partial charge < -0.3 is 10.3 Å². The molecule has 2 heterocycles. The molecule has 112 valence electrons. The van der Waals surface area contributed by atoms with Crippen molar-refractivity contribution in [2.45, 2.75) is 12.8 Å². The molecule has 0 radical (unpaired) electrons. The van der Waals surface area contributed by atoms with Crippen LogP contribution in [0, 0.1) is 4.64 Å². The Morgan fingerprint density at radius 1 is 1.27 bits per heavy atom. The van der Waals surface area contributed by atoms with Gasteiger partial charge in [0.05, 0.1) is 20.8 Å². The van der Waals surface area contributed by atoms with Crippen LogP contribution in [0.25, 0.3) is 10.2 Å². The fraction of sp³-hybridized carbons (Fsp3) is 0.188. The summed E-state index contributed by atoms with van der Waals surface area (Å²) in [7, 11) is 0. The SMILES string of the molecule is O=C(NCCCc1nc2ccccc2s1)c1ccc[nH]c1=S. The molecule has 0 atom stereocenters. The topological polar surface area (TPSA) is 57.8 Å². The lowest BCUT2D eigenvalue weighted by Crippen LogP contribution is -2.25. The van der Waals surface area contributed by atoms with Crippen molar-refractivity contribution in [1.82, 2.24) is 15.3 Å². The van der Waals surface area contributed by atoms with E-state index in [1.54, 1.807) is 29.7 Å². The smallest absolute Gasteiger partial charge is 0.254 e. The second-order valence-corrected chi connectivity index (χ2v) is 6.37. The Bertz CT molecular complexity index is 820. The van der Waals surface area contributed by atoms with Crippen LogP contribution in [0.5, 0.6) is 0 Å². The molecule has 0 spiro atoms. The number of hydrogen-bond donors (Lipinski definition) is 2. The van der Waals surface area contributed by atoms with E-state index in [0.29, 0.717) is 16.7 Å². The van der Waals surface area contributed by atoms with E-state index in [9.17, 15) is 4.79 Å². The van der Waals surface area contributed by atoms with Crippen molar-refractivity contribution in [2.24, 2.45) is 0 Å². The van der Waals surface area contributed by atoms with Crippen molar-refractivity contribution in [1.29, 1.82) is 0 Å². The summed E-state index contributed by atoms with van der Waals surface area (Å²) in [5.74, 6) is -0.133. The Labute approximate surface area is 137 Å². The number of hydrogen-bond acceptors (Lipinski definition) is 4. The lowest BCUT2D eigenvalue weighted by atomic mass is 10.2. The minimum atomic E-state index is -0.133. The summed E-state index contributed by atoms with van der Waals surface area (Å²) in [6.45, 7) is 0.610. The van der Waals surface area contributed by atoms with E-state index in [1.807, 2.05) is 18.2 Å². The molecule has 3 aromatic rings. The zero-order valence-electron chi connectivity index (χ0n) is 11.8. The van der Waals surface area contributed by atoms with Gasteiger partial charge >= 0.3 is 0 Å². The van der Waals surface area contributed by atoms with Crippen LogP contribution < -0.4 is 5.32 Å². The van der Waals surface area contributed by atoms with Crippen LogP contribution in [-0.4, -0.2) is 22.4 Å². The zero-order valence-corrected chi connectivity index (χ0v) is 13.5. The quantitative estimate of drug-likeness (QED) is 0.554. The molecule has 1 amide bonds. The van der Waals surface area contributed by atoms with Crippen LogP contribution in [0.15, 0.2) is 42.6 Å². The summed E-state index contributed by atoms with van der Waals surface area (Å²) in [6.07, 6.45) is 3.43. The van der Waals surface area contributed by atoms with Crippen LogP contribution >= 0.6 is 23.6 Å². The third-order valence-electron chi connectivity index (χ3n) is 3.25. The van der Waals surface area contributed by atoms with Crippen molar-refractivity contribution >= 4 is 39.7 Å². The van der Waals surface area contributed by atoms with Gasteiger partial charge in [-0.2, -0.15) is 0 Å². The highest BCUT2D eigenvalue weighted by atomic mass is 32.1. The average Bonchev–Trinajstić information content (AvgIpc) is 2.94. The van der Waals surface area contributed by atoms with Gasteiger partial charge in [-0.1, -0.05) is 24.4 Å².